The van der Waals surface area contributed by atoms with E-state index in [0.717, 1.165) is 18.0 Å². The molecule has 0 aliphatic heterocycles. The number of hydrogen-bond acceptors (Lipinski definition) is 2. The SMILES string of the molecule is CN(Cc1ccc(CC(=O)O)cc1)CC1CC1. The van der Waals surface area contributed by atoms with Crippen LogP contribution in [0.5, 0.6) is 0 Å². The van der Waals surface area contributed by atoms with Gasteiger partial charge in [0.05, 0.1) is 6.42 Å². The Kier molecular flexibility index (Phi) is 3.79. The summed E-state index contributed by atoms with van der Waals surface area (Å²) in [6.07, 6.45) is 2.86. The fraction of sp³-hybridized carbons (Fsp3) is 0.500. The summed E-state index contributed by atoms with van der Waals surface area (Å²) in [6, 6.07) is 7.88. The Morgan fingerprint density at radius 3 is 2.41 bits per heavy atom. The fourth-order valence-corrected chi connectivity index (χ4v) is 2.05. The van der Waals surface area contributed by atoms with Crippen molar-refractivity contribution in [3.63, 3.8) is 0 Å². The molecule has 1 aromatic carbocycles. The summed E-state index contributed by atoms with van der Waals surface area (Å²) in [5.74, 6) is 0.134. The van der Waals surface area contributed by atoms with Crippen LogP contribution in [0.4, 0.5) is 0 Å². The molecule has 1 aromatic rings. The molecule has 1 aliphatic carbocycles. The van der Waals surface area contributed by atoms with E-state index in [-0.39, 0.29) is 6.42 Å². The van der Waals surface area contributed by atoms with Crippen molar-refractivity contribution in [2.45, 2.75) is 25.8 Å². The summed E-state index contributed by atoms with van der Waals surface area (Å²) in [6.45, 7) is 2.13. The Hall–Kier alpha value is -1.35. The van der Waals surface area contributed by atoms with Crippen molar-refractivity contribution in [1.82, 2.24) is 4.90 Å². The van der Waals surface area contributed by atoms with E-state index in [1.807, 2.05) is 24.3 Å². The highest BCUT2D eigenvalue weighted by Gasteiger charge is 2.22. The van der Waals surface area contributed by atoms with Crippen LogP contribution in [-0.2, 0) is 17.8 Å². The minimum Gasteiger partial charge on any atom is -0.481 e. The van der Waals surface area contributed by atoms with Crippen molar-refractivity contribution in [3.8, 4) is 0 Å². The van der Waals surface area contributed by atoms with Crippen molar-refractivity contribution >= 4 is 5.97 Å². The van der Waals surface area contributed by atoms with Crippen molar-refractivity contribution in [2.24, 2.45) is 5.92 Å². The van der Waals surface area contributed by atoms with Gasteiger partial charge in [-0.25, -0.2) is 0 Å². The molecule has 0 radical (unpaired) electrons. The molecule has 0 spiro atoms. The first-order valence-electron chi connectivity index (χ1n) is 6.11. The Morgan fingerprint density at radius 1 is 1.29 bits per heavy atom. The Bertz CT molecular complexity index is 382. The van der Waals surface area contributed by atoms with Crippen LogP contribution >= 0.6 is 0 Å². The number of carboxylic acid groups (broad SMARTS) is 1. The standard InChI is InChI=1S/C14H19NO2/c1-15(10-13-6-7-13)9-12-4-2-11(3-5-12)8-14(16)17/h2-5,13H,6-10H2,1H3,(H,16,17). The lowest BCUT2D eigenvalue weighted by Crippen LogP contribution is -2.20. The van der Waals surface area contributed by atoms with Gasteiger partial charge in [-0.05, 0) is 36.9 Å². The van der Waals surface area contributed by atoms with Gasteiger partial charge in [-0.15, -0.1) is 0 Å². The van der Waals surface area contributed by atoms with E-state index < -0.39 is 5.97 Å². The molecular weight excluding hydrogens is 214 g/mol. The predicted molar refractivity (Wildman–Crippen MR) is 66.8 cm³/mol. The van der Waals surface area contributed by atoms with Crippen molar-refractivity contribution in [2.75, 3.05) is 13.6 Å². The van der Waals surface area contributed by atoms with Crippen LogP contribution in [0.15, 0.2) is 24.3 Å². The van der Waals surface area contributed by atoms with Crippen molar-refractivity contribution < 1.29 is 9.90 Å². The van der Waals surface area contributed by atoms with Gasteiger partial charge in [0, 0.05) is 13.1 Å². The second-order valence-electron chi connectivity index (χ2n) is 5.03. The van der Waals surface area contributed by atoms with E-state index in [1.54, 1.807) is 0 Å². The maximum atomic E-state index is 10.6. The first-order valence-corrected chi connectivity index (χ1v) is 6.11. The highest BCUT2D eigenvalue weighted by molar-refractivity contribution is 5.70. The van der Waals surface area contributed by atoms with E-state index in [9.17, 15) is 4.79 Å². The predicted octanol–water partition coefficient (Wildman–Crippen LogP) is 2.16. The van der Waals surface area contributed by atoms with E-state index in [2.05, 4.69) is 11.9 Å². The lowest BCUT2D eigenvalue weighted by atomic mass is 10.1. The zero-order valence-corrected chi connectivity index (χ0v) is 10.2. The molecule has 0 aromatic heterocycles. The quantitative estimate of drug-likeness (QED) is 0.818. The van der Waals surface area contributed by atoms with Gasteiger partial charge in [0.15, 0.2) is 0 Å². The second-order valence-corrected chi connectivity index (χ2v) is 5.03. The van der Waals surface area contributed by atoms with Crippen LogP contribution < -0.4 is 0 Å². The molecule has 17 heavy (non-hydrogen) atoms. The Morgan fingerprint density at radius 2 is 1.88 bits per heavy atom. The number of rotatable bonds is 6. The second kappa shape index (κ2) is 5.32. The molecule has 0 amide bonds. The highest BCUT2D eigenvalue weighted by Crippen LogP contribution is 2.29. The molecule has 0 atom stereocenters. The highest BCUT2D eigenvalue weighted by atomic mass is 16.4. The Labute approximate surface area is 102 Å². The molecule has 0 saturated heterocycles. The molecule has 0 heterocycles. The summed E-state index contributed by atoms with van der Waals surface area (Å²) in [4.78, 5) is 12.9. The summed E-state index contributed by atoms with van der Waals surface area (Å²) >= 11 is 0. The molecular formula is C14H19NO2. The monoisotopic (exact) mass is 233 g/mol. The van der Waals surface area contributed by atoms with Gasteiger partial charge in [-0.2, -0.15) is 0 Å². The normalized spacial score (nSPS) is 15.2. The summed E-state index contributed by atoms with van der Waals surface area (Å²) in [7, 11) is 2.14. The summed E-state index contributed by atoms with van der Waals surface area (Å²) in [5.41, 5.74) is 2.12. The van der Waals surface area contributed by atoms with Gasteiger partial charge in [-0.1, -0.05) is 24.3 Å². The van der Waals surface area contributed by atoms with Crippen molar-refractivity contribution in [1.29, 1.82) is 0 Å². The van der Waals surface area contributed by atoms with Crippen LogP contribution in [-0.4, -0.2) is 29.6 Å². The average Bonchev–Trinajstić information content (AvgIpc) is 3.04. The average molecular weight is 233 g/mol. The van der Waals surface area contributed by atoms with Crippen molar-refractivity contribution in [3.05, 3.63) is 35.4 Å². The van der Waals surface area contributed by atoms with Gasteiger partial charge in [0.2, 0.25) is 0 Å². The third-order valence-electron chi connectivity index (χ3n) is 3.10. The molecule has 1 saturated carbocycles. The lowest BCUT2D eigenvalue weighted by molar-refractivity contribution is -0.136. The van der Waals surface area contributed by atoms with Gasteiger partial charge in [0.1, 0.15) is 0 Å². The molecule has 1 fully saturated rings. The largest absolute Gasteiger partial charge is 0.481 e. The summed E-state index contributed by atoms with van der Waals surface area (Å²) < 4.78 is 0. The topological polar surface area (TPSA) is 40.5 Å². The molecule has 3 heteroatoms. The van der Waals surface area contributed by atoms with E-state index >= 15 is 0 Å². The first-order chi connectivity index (χ1) is 8.13. The third-order valence-corrected chi connectivity index (χ3v) is 3.10. The molecule has 3 nitrogen and oxygen atoms in total. The molecule has 0 bridgehead atoms. The maximum absolute atomic E-state index is 10.6. The number of carbonyl (C=O) groups is 1. The Balaban J connectivity index is 1.85. The van der Waals surface area contributed by atoms with Gasteiger partial charge in [-0.3, -0.25) is 4.79 Å². The summed E-state index contributed by atoms with van der Waals surface area (Å²) in [5, 5.41) is 8.68. The van der Waals surface area contributed by atoms with Crippen LogP contribution in [0.3, 0.4) is 0 Å². The van der Waals surface area contributed by atoms with Crippen LogP contribution in [0.2, 0.25) is 0 Å². The number of benzene rings is 1. The van der Waals surface area contributed by atoms with Crippen LogP contribution in [0, 0.1) is 5.92 Å². The smallest absolute Gasteiger partial charge is 0.307 e. The maximum Gasteiger partial charge on any atom is 0.307 e. The zero-order chi connectivity index (χ0) is 12.3. The zero-order valence-electron chi connectivity index (χ0n) is 10.2. The number of hydrogen-bond donors (Lipinski definition) is 1. The van der Waals surface area contributed by atoms with E-state index in [0.29, 0.717) is 0 Å². The van der Waals surface area contributed by atoms with E-state index in [4.69, 9.17) is 5.11 Å². The number of nitrogens with zero attached hydrogens (tertiary/aromatic N) is 1. The fourth-order valence-electron chi connectivity index (χ4n) is 2.05. The molecule has 1 aliphatic rings. The van der Waals surface area contributed by atoms with Gasteiger partial charge < -0.3 is 10.0 Å². The minimum atomic E-state index is -0.774. The lowest BCUT2D eigenvalue weighted by Gasteiger charge is -2.16. The first kappa shape index (κ1) is 12.1. The van der Waals surface area contributed by atoms with Crippen LogP contribution in [0.1, 0.15) is 24.0 Å². The number of aliphatic carboxylic acids is 1. The van der Waals surface area contributed by atoms with Crippen LogP contribution in [0.25, 0.3) is 0 Å². The van der Waals surface area contributed by atoms with Gasteiger partial charge in [0.25, 0.3) is 0 Å². The molecule has 1 N–H and O–H groups in total. The molecule has 2 rings (SSSR count). The number of carboxylic acids is 1. The van der Waals surface area contributed by atoms with Gasteiger partial charge >= 0.3 is 5.97 Å². The molecule has 92 valence electrons. The third kappa shape index (κ3) is 4.19. The van der Waals surface area contributed by atoms with E-state index in [1.165, 1.54) is 24.9 Å². The molecule has 0 unspecified atom stereocenters. The minimum absolute atomic E-state index is 0.109.